The summed E-state index contributed by atoms with van der Waals surface area (Å²) in [4.78, 5) is 0. The molecule has 1 aliphatic rings. The Hall–Kier alpha value is -2.51. The Bertz CT molecular complexity index is 1140. The van der Waals surface area contributed by atoms with Gasteiger partial charge in [0.1, 0.15) is 6.61 Å². The van der Waals surface area contributed by atoms with Gasteiger partial charge < -0.3 is 20.9 Å². The molecule has 200 valence electrons. The maximum Gasteiger partial charge on any atom is 0.191 e. The van der Waals surface area contributed by atoms with Crippen LogP contribution in [0.5, 0.6) is 5.75 Å². The van der Waals surface area contributed by atoms with Gasteiger partial charge in [-0.05, 0) is 54.7 Å². The molecule has 4 N–H and O–H groups in total. The molecule has 0 bridgehead atoms. The van der Waals surface area contributed by atoms with Crippen LogP contribution in [-0.4, -0.2) is 32.9 Å². The summed E-state index contributed by atoms with van der Waals surface area (Å²) in [5, 5.41) is 0.360. The van der Waals surface area contributed by atoms with E-state index in [2.05, 4.69) is 0 Å². The molecule has 1 saturated carbocycles. The zero-order valence-electron chi connectivity index (χ0n) is 21.6. The van der Waals surface area contributed by atoms with E-state index < -0.39 is 17.4 Å². The Balaban J connectivity index is 0.000000468. The van der Waals surface area contributed by atoms with E-state index >= 15 is 4.39 Å². The number of benzene rings is 3. The Morgan fingerprint density at radius 2 is 1.68 bits per heavy atom. The molecule has 7 heteroatoms. The predicted molar refractivity (Wildman–Crippen MR) is 147 cm³/mol. The van der Waals surface area contributed by atoms with Crippen LogP contribution in [0.4, 0.5) is 8.78 Å². The first-order chi connectivity index (χ1) is 17.9. The standard InChI is InChI=1S/C24H24ClF2NO2.C6H13N/c1-15-12-21(26)24(30-11-10-29-2)23(27)22(15)18-13-17(8-9-20(18)25)19(14-28)16-6-4-3-5-7-16;7-6-4-2-1-3-5-6/h3-9,12-13,19H,10-11,14,28H2,1-2H3;6H,1-5,7H2. The van der Waals surface area contributed by atoms with Gasteiger partial charge in [0.2, 0.25) is 0 Å². The minimum atomic E-state index is -0.785. The summed E-state index contributed by atoms with van der Waals surface area (Å²) in [6.07, 6.45) is 6.66. The van der Waals surface area contributed by atoms with Crippen LogP contribution in [-0.2, 0) is 4.74 Å². The summed E-state index contributed by atoms with van der Waals surface area (Å²) in [5.74, 6) is -2.07. The van der Waals surface area contributed by atoms with E-state index in [1.165, 1.54) is 45.3 Å². The van der Waals surface area contributed by atoms with E-state index in [9.17, 15) is 4.39 Å². The van der Waals surface area contributed by atoms with Crippen molar-refractivity contribution in [3.8, 4) is 16.9 Å². The van der Waals surface area contributed by atoms with Crippen molar-refractivity contribution in [2.24, 2.45) is 11.5 Å². The highest BCUT2D eigenvalue weighted by Crippen LogP contribution is 2.39. The zero-order chi connectivity index (χ0) is 26.8. The smallest absolute Gasteiger partial charge is 0.191 e. The van der Waals surface area contributed by atoms with Gasteiger partial charge >= 0.3 is 0 Å². The largest absolute Gasteiger partial charge is 0.485 e. The fourth-order valence-electron chi connectivity index (χ4n) is 4.64. The highest BCUT2D eigenvalue weighted by molar-refractivity contribution is 6.33. The molecule has 0 aromatic heterocycles. The van der Waals surface area contributed by atoms with Crippen molar-refractivity contribution in [3.63, 3.8) is 0 Å². The van der Waals surface area contributed by atoms with Crippen LogP contribution in [0, 0.1) is 18.6 Å². The van der Waals surface area contributed by atoms with E-state index in [1.807, 2.05) is 42.5 Å². The number of nitrogens with two attached hydrogens (primary N) is 2. The third kappa shape index (κ3) is 7.74. The first kappa shape index (κ1) is 29.1. The summed E-state index contributed by atoms with van der Waals surface area (Å²) >= 11 is 6.44. The van der Waals surface area contributed by atoms with E-state index in [4.69, 9.17) is 32.5 Å². The Morgan fingerprint density at radius 1 is 0.973 bits per heavy atom. The molecule has 0 aliphatic heterocycles. The molecule has 1 unspecified atom stereocenters. The Morgan fingerprint density at radius 3 is 2.27 bits per heavy atom. The third-order valence-corrected chi connectivity index (χ3v) is 6.99. The monoisotopic (exact) mass is 530 g/mol. The van der Waals surface area contributed by atoms with Crippen molar-refractivity contribution >= 4 is 11.6 Å². The summed E-state index contributed by atoms with van der Waals surface area (Å²) < 4.78 is 39.9. The normalized spacial score (nSPS) is 14.6. The van der Waals surface area contributed by atoms with E-state index in [0.717, 1.165) is 11.1 Å². The molecule has 4 nitrogen and oxygen atoms in total. The van der Waals surface area contributed by atoms with Crippen molar-refractivity contribution in [1.82, 2.24) is 0 Å². The lowest BCUT2D eigenvalue weighted by Gasteiger charge is -2.19. The van der Waals surface area contributed by atoms with Crippen LogP contribution in [0.2, 0.25) is 5.02 Å². The lowest BCUT2D eigenvalue weighted by atomic mass is 9.88. The van der Waals surface area contributed by atoms with Gasteiger partial charge in [-0.15, -0.1) is 0 Å². The minimum absolute atomic E-state index is 0.0316. The van der Waals surface area contributed by atoms with Gasteiger partial charge in [0.15, 0.2) is 17.4 Å². The fourth-order valence-corrected chi connectivity index (χ4v) is 4.86. The molecule has 0 radical (unpaired) electrons. The topological polar surface area (TPSA) is 70.5 Å². The molecule has 0 amide bonds. The molecule has 37 heavy (non-hydrogen) atoms. The summed E-state index contributed by atoms with van der Waals surface area (Å²) in [7, 11) is 1.49. The van der Waals surface area contributed by atoms with E-state index in [-0.39, 0.29) is 24.7 Å². The van der Waals surface area contributed by atoms with Crippen molar-refractivity contribution in [3.05, 3.63) is 87.9 Å². The SMILES string of the molecule is COCCOc1c(F)cc(C)c(-c2cc(C(CN)c3ccccc3)ccc2Cl)c1F.NC1CCCCC1. The second kappa shape index (κ2) is 14.4. The van der Waals surface area contributed by atoms with Crippen LogP contribution < -0.4 is 16.2 Å². The quantitative estimate of drug-likeness (QED) is 0.308. The molecule has 1 aliphatic carbocycles. The van der Waals surface area contributed by atoms with Crippen LogP contribution in [0.3, 0.4) is 0 Å². The Kier molecular flexibility index (Phi) is 11.3. The van der Waals surface area contributed by atoms with Crippen molar-refractivity contribution < 1.29 is 18.3 Å². The number of aryl methyl sites for hydroxylation is 1. The number of hydrogen-bond acceptors (Lipinski definition) is 4. The molecule has 0 saturated heterocycles. The molecular weight excluding hydrogens is 494 g/mol. The second-order valence-corrected chi connectivity index (χ2v) is 9.78. The third-order valence-electron chi connectivity index (χ3n) is 6.66. The predicted octanol–water partition coefficient (Wildman–Crippen LogP) is 6.99. The average molecular weight is 531 g/mol. The Labute approximate surface area is 223 Å². The maximum absolute atomic E-state index is 15.3. The van der Waals surface area contributed by atoms with Gasteiger partial charge in [-0.2, -0.15) is 0 Å². The van der Waals surface area contributed by atoms with Crippen LogP contribution in [0.15, 0.2) is 54.6 Å². The number of halogens is 3. The van der Waals surface area contributed by atoms with Gasteiger partial charge in [0.25, 0.3) is 0 Å². The van der Waals surface area contributed by atoms with Gasteiger partial charge in [0.05, 0.1) is 6.61 Å². The molecule has 3 aromatic carbocycles. The van der Waals surface area contributed by atoms with E-state index in [0.29, 0.717) is 28.7 Å². The highest BCUT2D eigenvalue weighted by Gasteiger charge is 2.22. The maximum atomic E-state index is 15.3. The van der Waals surface area contributed by atoms with Crippen molar-refractivity contribution in [2.75, 3.05) is 26.9 Å². The highest BCUT2D eigenvalue weighted by atomic mass is 35.5. The lowest BCUT2D eigenvalue weighted by Crippen LogP contribution is -2.22. The summed E-state index contributed by atoms with van der Waals surface area (Å²) in [6, 6.07) is 17.0. The molecule has 3 aromatic rings. The van der Waals surface area contributed by atoms with Gasteiger partial charge in [-0.1, -0.05) is 67.3 Å². The first-order valence-corrected chi connectivity index (χ1v) is 13.2. The summed E-state index contributed by atoms with van der Waals surface area (Å²) in [6.45, 7) is 2.26. The molecule has 1 atom stereocenters. The second-order valence-electron chi connectivity index (χ2n) is 9.37. The van der Waals surface area contributed by atoms with Gasteiger partial charge in [-0.3, -0.25) is 0 Å². The van der Waals surface area contributed by atoms with Crippen LogP contribution in [0.1, 0.15) is 54.7 Å². The summed E-state index contributed by atoms with van der Waals surface area (Å²) in [5.41, 5.74) is 14.7. The molecule has 0 heterocycles. The number of hydrogen-bond donors (Lipinski definition) is 2. The van der Waals surface area contributed by atoms with Crippen LogP contribution >= 0.6 is 11.6 Å². The van der Waals surface area contributed by atoms with Gasteiger partial charge in [0, 0.05) is 41.8 Å². The average Bonchev–Trinajstić information content (AvgIpc) is 2.89. The van der Waals surface area contributed by atoms with Crippen molar-refractivity contribution in [1.29, 1.82) is 0 Å². The number of rotatable bonds is 8. The molecule has 1 fully saturated rings. The zero-order valence-corrected chi connectivity index (χ0v) is 22.4. The number of ether oxygens (including phenoxy) is 2. The molecule has 0 spiro atoms. The van der Waals surface area contributed by atoms with E-state index in [1.54, 1.807) is 13.0 Å². The van der Waals surface area contributed by atoms with Crippen LogP contribution in [0.25, 0.3) is 11.1 Å². The number of methoxy groups -OCH3 is 1. The molecule has 4 rings (SSSR count). The minimum Gasteiger partial charge on any atom is -0.485 e. The lowest BCUT2D eigenvalue weighted by molar-refractivity contribution is 0.141. The van der Waals surface area contributed by atoms with Gasteiger partial charge in [-0.25, -0.2) is 8.78 Å². The fraction of sp³-hybridized carbons (Fsp3) is 0.400. The van der Waals surface area contributed by atoms with Crippen molar-refractivity contribution in [2.45, 2.75) is 51.0 Å². The first-order valence-electron chi connectivity index (χ1n) is 12.8. The molecular formula is C30H37ClF2N2O2.